The molecule has 7 rings (SSSR count). The number of halogens is 2. The molecule has 1 fully saturated rings. The van der Waals surface area contributed by atoms with Gasteiger partial charge >= 0.3 is 0 Å². The molecular weight excluding hydrogens is 513 g/mol. The Kier molecular flexibility index (Phi) is 5.23. The third-order valence-electron chi connectivity index (χ3n) is 8.35. The molecule has 3 aliphatic rings. The summed E-state index contributed by atoms with van der Waals surface area (Å²) in [5, 5.41) is 0.473. The number of hydrogen-bond acceptors (Lipinski definition) is 4. The van der Waals surface area contributed by atoms with Crippen molar-refractivity contribution >= 4 is 40.7 Å². The Morgan fingerprint density at radius 2 is 1.41 bits per heavy atom. The van der Waals surface area contributed by atoms with Gasteiger partial charge in [0, 0.05) is 33.3 Å². The summed E-state index contributed by atoms with van der Waals surface area (Å²) in [6.07, 6.45) is 3.71. The highest BCUT2D eigenvalue weighted by atomic mass is 35.5. The third kappa shape index (κ3) is 3.14. The first-order chi connectivity index (χ1) is 18.9. The molecule has 0 saturated carbocycles. The summed E-state index contributed by atoms with van der Waals surface area (Å²) in [7, 11) is 0. The number of hydrogen-bond donors (Lipinski definition) is 0. The van der Waals surface area contributed by atoms with Gasteiger partial charge in [-0.2, -0.15) is 0 Å². The lowest BCUT2D eigenvalue weighted by Gasteiger charge is -2.37. The lowest BCUT2D eigenvalue weighted by atomic mass is 9.64. The molecule has 6 heteroatoms. The van der Waals surface area contributed by atoms with Crippen LogP contribution in [0.5, 0.6) is 0 Å². The van der Waals surface area contributed by atoms with Crippen LogP contribution in [0.1, 0.15) is 48.1 Å². The Bertz CT molecular complexity index is 1690. The van der Waals surface area contributed by atoms with Gasteiger partial charge in [0.2, 0.25) is 0 Å². The Labute approximate surface area is 229 Å². The van der Waals surface area contributed by atoms with Crippen LogP contribution in [-0.4, -0.2) is 29.4 Å². The molecule has 3 atom stereocenters. The molecule has 0 amide bonds. The van der Waals surface area contributed by atoms with E-state index in [4.69, 9.17) is 11.6 Å². The fraction of sp³-hybridized carbons (Fsp3) is 0.121. The fourth-order valence-corrected chi connectivity index (χ4v) is 6.90. The van der Waals surface area contributed by atoms with Crippen LogP contribution in [0.25, 0.3) is 6.08 Å². The van der Waals surface area contributed by atoms with E-state index in [2.05, 4.69) is 0 Å². The molecule has 0 bridgehead atoms. The SMILES string of the molecule is O=C(c1ccc(Cl)cc1)[C@H]1[C@H](c2ccccc2F)C2(C(=O)c3ccccc3C2=O)C2C=Cc3ccccc3N21. The molecule has 39 heavy (non-hydrogen) atoms. The molecule has 0 aromatic heterocycles. The Morgan fingerprint density at radius 1 is 0.795 bits per heavy atom. The predicted octanol–water partition coefficient (Wildman–Crippen LogP) is 6.80. The van der Waals surface area contributed by atoms with E-state index >= 15 is 4.39 Å². The van der Waals surface area contributed by atoms with Gasteiger partial charge in [-0.05, 0) is 47.5 Å². The maximum atomic E-state index is 15.7. The number of para-hydroxylation sites is 1. The van der Waals surface area contributed by atoms with Gasteiger partial charge in [0.1, 0.15) is 17.3 Å². The molecule has 4 aromatic carbocycles. The zero-order chi connectivity index (χ0) is 26.9. The van der Waals surface area contributed by atoms with Crippen LogP contribution in [0, 0.1) is 11.2 Å². The lowest BCUT2D eigenvalue weighted by Crippen LogP contribution is -2.48. The van der Waals surface area contributed by atoms with Gasteiger partial charge in [0.05, 0.1) is 6.04 Å². The number of Topliss-reactive ketones (excluding diaryl/α,β-unsaturated/α-hetero) is 3. The van der Waals surface area contributed by atoms with Crippen LogP contribution < -0.4 is 4.90 Å². The smallest absolute Gasteiger partial charge is 0.185 e. The highest BCUT2D eigenvalue weighted by Crippen LogP contribution is 2.61. The maximum Gasteiger partial charge on any atom is 0.185 e. The fourth-order valence-electron chi connectivity index (χ4n) is 6.77. The second-order valence-corrected chi connectivity index (χ2v) is 10.6. The monoisotopic (exact) mass is 533 g/mol. The normalized spacial score (nSPS) is 22.1. The first-order valence-corrected chi connectivity index (χ1v) is 13.1. The molecule has 1 spiro atoms. The van der Waals surface area contributed by atoms with Crippen LogP contribution in [0.3, 0.4) is 0 Å². The van der Waals surface area contributed by atoms with E-state index in [0.717, 1.165) is 5.56 Å². The Hall–Kier alpha value is -4.35. The van der Waals surface area contributed by atoms with Gasteiger partial charge in [-0.25, -0.2) is 4.39 Å². The lowest BCUT2D eigenvalue weighted by molar-refractivity contribution is 0.0664. The largest absolute Gasteiger partial charge is 0.352 e. The maximum absolute atomic E-state index is 15.7. The first-order valence-electron chi connectivity index (χ1n) is 12.7. The summed E-state index contributed by atoms with van der Waals surface area (Å²) >= 11 is 6.12. The van der Waals surface area contributed by atoms with Gasteiger partial charge in [-0.1, -0.05) is 84.4 Å². The van der Waals surface area contributed by atoms with Crippen molar-refractivity contribution in [3.8, 4) is 0 Å². The molecular formula is C33H21ClFNO3. The van der Waals surface area contributed by atoms with Gasteiger partial charge < -0.3 is 4.90 Å². The second-order valence-electron chi connectivity index (χ2n) is 10.2. The van der Waals surface area contributed by atoms with Crippen molar-refractivity contribution in [1.29, 1.82) is 0 Å². The molecule has 2 heterocycles. The standard InChI is InChI=1S/C33H21ClFNO3/c34-21-16-13-20(14-17-21)30(37)29-28(24-10-4-5-11-25(24)35)33(31(38)22-8-2-3-9-23(22)32(33)39)27-18-15-19-7-1-6-12-26(19)36(27)29/h1-18,27-29H/t27?,28-,29+/m0/s1. The quantitative estimate of drug-likeness (QED) is 0.215. The number of carbonyl (C=O) groups excluding carboxylic acids is 3. The molecule has 0 radical (unpaired) electrons. The minimum Gasteiger partial charge on any atom is -0.352 e. The van der Waals surface area contributed by atoms with Gasteiger partial charge in [0.15, 0.2) is 17.3 Å². The second kappa shape index (κ2) is 8.58. The van der Waals surface area contributed by atoms with E-state index in [1.54, 1.807) is 66.7 Å². The van der Waals surface area contributed by atoms with E-state index in [1.165, 1.54) is 6.07 Å². The molecule has 4 nitrogen and oxygen atoms in total. The molecule has 1 unspecified atom stereocenters. The molecule has 190 valence electrons. The van der Waals surface area contributed by atoms with E-state index in [-0.39, 0.29) is 22.9 Å². The van der Waals surface area contributed by atoms with Gasteiger partial charge in [-0.15, -0.1) is 0 Å². The highest BCUT2D eigenvalue weighted by Gasteiger charge is 2.71. The van der Waals surface area contributed by atoms with Crippen molar-refractivity contribution < 1.29 is 18.8 Å². The van der Waals surface area contributed by atoms with E-state index in [9.17, 15) is 14.4 Å². The molecule has 1 aliphatic carbocycles. The summed E-state index contributed by atoms with van der Waals surface area (Å²) in [5.74, 6) is -2.74. The van der Waals surface area contributed by atoms with Crippen LogP contribution in [0.2, 0.25) is 5.02 Å². The van der Waals surface area contributed by atoms with E-state index < -0.39 is 29.2 Å². The zero-order valence-corrected chi connectivity index (χ0v) is 21.3. The number of anilines is 1. The first kappa shape index (κ1) is 23.7. The number of rotatable bonds is 3. The van der Waals surface area contributed by atoms with E-state index in [0.29, 0.717) is 27.4 Å². The van der Waals surface area contributed by atoms with Crippen molar-refractivity contribution in [2.24, 2.45) is 5.41 Å². The van der Waals surface area contributed by atoms with Crippen LogP contribution in [-0.2, 0) is 0 Å². The molecule has 2 aliphatic heterocycles. The summed E-state index contributed by atoms with van der Waals surface area (Å²) in [5.41, 5.74) is 0.965. The van der Waals surface area contributed by atoms with Gasteiger partial charge in [-0.3, -0.25) is 14.4 Å². The number of fused-ring (bicyclic) bond motifs is 5. The summed E-state index contributed by atoms with van der Waals surface area (Å²) in [4.78, 5) is 45.4. The minimum absolute atomic E-state index is 0.166. The van der Waals surface area contributed by atoms with Crippen LogP contribution >= 0.6 is 11.6 Å². The third-order valence-corrected chi connectivity index (χ3v) is 8.60. The zero-order valence-electron chi connectivity index (χ0n) is 20.6. The Morgan fingerprint density at radius 3 is 2.10 bits per heavy atom. The number of carbonyl (C=O) groups is 3. The predicted molar refractivity (Wildman–Crippen MR) is 148 cm³/mol. The summed E-state index contributed by atoms with van der Waals surface area (Å²) in [6, 6.07) is 25.1. The van der Waals surface area contributed by atoms with Crippen LogP contribution in [0.4, 0.5) is 10.1 Å². The molecule has 1 saturated heterocycles. The molecule has 0 N–H and O–H groups in total. The number of benzene rings is 4. The molecule has 4 aromatic rings. The average Bonchev–Trinajstić information content (AvgIpc) is 3.39. The van der Waals surface area contributed by atoms with Crippen LogP contribution in [0.15, 0.2) is 103 Å². The van der Waals surface area contributed by atoms with Crippen molar-refractivity contribution in [3.05, 3.63) is 142 Å². The van der Waals surface area contributed by atoms with Crippen molar-refractivity contribution in [2.45, 2.75) is 18.0 Å². The topological polar surface area (TPSA) is 54.5 Å². The minimum atomic E-state index is -1.73. The number of nitrogens with zero attached hydrogens (tertiary/aromatic N) is 1. The Balaban J connectivity index is 1.56. The van der Waals surface area contributed by atoms with Crippen molar-refractivity contribution in [1.82, 2.24) is 0 Å². The number of ketones is 3. The van der Waals surface area contributed by atoms with Gasteiger partial charge in [0.25, 0.3) is 0 Å². The highest BCUT2D eigenvalue weighted by molar-refractivity contribution is 6.32. The summed E-state index contributed by atoms with van der Waals surface area (Å²) < 4.78 is 15.7. The average molecular weight is 534 g/mol. The van der Waals surface area contributed by atoms with E-state index in [1.807, 2.05) is 41.3 Å². The van der Waals surface area contributed by atoms with Crippen molar-refractivity contribution in [3.63, 3.8) is 0 Å². The van der Waals surface area contributed by atoms with Crippen molar-refractivity contribution in [2.75, 3.05) is 4.90 Å². The summed E-state index contributed by atoms with van der Waals surface area (Å²) in [6.45, 7) is 0.